The summed E-state index contributed by atoms with van der Waals surface area (Å²) in [6.07, 6.45) is 2.09. The van der Waals surface area contributed by atoms with Crippen LogP contribution in [0.25, 0.3) is 0 Å². The molecule has 0 atom stereocenters. The van der Waals surface area contributed by atoms with E-state index in [9.17, 15) is 13.2 Å². The quantitative estimate of drug-likeness (QED) is 0.741. The van der Waals surface area contributed by atoms with Crippen LogP contribution >= 0.6 is 11.6 Å². The Hall–Kier alpha value is -1.89. The third kappa shape index (κ3) is 5.09. The van der Waals surface area contributed by atoms with Crippen molar-refractivity contribution in [3.05, 3.63) is 64.7 Å². The Bertz CT molecular complexity index is 890. The van der Waals surface area contributed by atoms with Gasteiger partial charge < -0.3 is 5.32 Å². The summed E-state index contributed by atoms with van der Waals surface area (Å²) >= 11 is 5.91. The predicted octanol–water partition coefficient (Wildman–Crippen LogP) is 3.24. The van der Waals surface area contributed by atoms with Crippen molar-refractivity contribution in [3.63, 3.8) is 0 Å². The first-order valence-corrected chi connectivity index (χ1v) is 10.9. The first-order chi connectivity index (χ1) is 12.9. The summed E-state index contributed by atoms with van der Waals surface area (Å²) in [7, 11) is -3.46. The van der Waals surface area contributed by atoms with Gasteiger partial charge in [-0.1, -0.05) is 42.8 Å². The minimum Gasteiger partial charge on any atom is -0.353 e. The first kappa shape index (κ1) is 19.9. The highest BCUT2D eigenvalue weighted by Crippen LogP contribution is 2.37. The van der Waals surface area contributed by atoms with Crippen molar-refractivity contribution in [1.29, 1.82) is 0 Å². The van der Waals surface area contributed by atoms with Crippen LogP contribution in [0.15, 0.2) is 53.4 Å². The lowest BCUT2D eigenvalue weighted by Crippen LogP contribution is -2.43. The first-order valence-electron chi connectivity index (χ1n) is 9.01. The normalized spacial score (nSPS) is 19.3. The number of benzene rings is 2. The number of halogens is 1. The number of nitrogens with one attached hydrogen (secondary N) is 2. The molecular formula is C20H23ClN2O3S. The van der Waals surface area contributed by atoms with E-state index in [2.05, 4.69) is 10.0 Å². The number of carbonyl (C=O) groups excluding carboxylic acids is 1. The van der Waals surface area contributed by atoms with E-state index < -0.39 is 10.0 Å². The van der Waals surface area contributed by atoms with Gasteiger partial charge in [0.2, 0.25) is 15.9 Å². The van der Waals surface area contributed by atoms with Crippen LogP contribution in [0, 0.1) is 0 Å². The molecule has 0 aromatic heterocycles. The van der Waals surface area contributed by atoms with E-state index in [4.69, 9.17) is 11.6 Å². The summed E-state index contributed by atoms with van der Waals surface area (Å²) in [6, 6.07) is 14.5. The van der Waals surface area contributed by atoms with E-state index >= 15 is 0 Å². The molecule has 5 nitrogen and oxygen atoms in total. The Morgan fingerprint density at radius 1 is 1.07 bits per heavy atom. The zero-order valence-electron chi connectivity index (χ0n) is 15.1. The van der Waals surface area contributed by atoms with Crippen LogP contribution in [0.2, 0.25) is 5.02 Å². The van der Waals surface area contributed by atoms with E-state index in [1.54, 1.807) is 19.1 Å². The van der Waals surface area contributed by atoms with Crippen molar-refractivity contribution < 1.29 is 13.2 Å². The lowest BCUT2D eigenvalue weighted by Gasteiger charge is -2.36. The van der Waals surface area contributed by atoms with Gasteiger partial charge in [0.1, 0.15) is 0 Å². The van der Waals surface area contributed by atoms with Crippen LogP contribution in [0.4, 0.5) is 0 Å². The summed E-state index contributed by atoms with van der Waals surface area (Å²) in [5.41, 5.74) is 2.04. The number of hydrogen-bond donors (Lipinski definition) is 2. The van der Waals surface area contributed by atoms with Gasteiger partial charge in [-0.25, -0.2) is 13.1 Å². The maximum absolute atomic E-state index is 12.2. The highest BCUT2D eigenvalue weighted by atomic mass is 35.5. The van der Waals surface area contributed by atoms with Gasteiger partial charge in [0.25, 0.3) is 0 Å². The van der Waals surface area contributed by atoms with Crippen molar-refractivity contribution in [2.75, 3.05) is 6.54 Å². The zero-order chi connectivity index (χ0) is 19.4. The van der Waals surface area contributed by atoms with Crippen LogP contribution in [-0.4, -0.2) is 26.9 Å². The van der Waals surface area contributed by atoms with E-state index in [1.165, 1.54) is 17.7 Å². The molecule has 3 rings (SSSR count). The molecule has 1 fully saturated rings. The monoisotopic (exact) mass is 406 g/mol. The van der Waals surface area contributed by atoms with Crippen molar-refractivity contribution in [2.24, 2.45) is 0 Å². The van der Waals surface area contributed by atoms with Crippen LogP contribution < -0.4 is 10.0 Å². The van der Waals surface area contributed by atoms with Gasteiger partial charge in [-0.15, -0.1) is 0 Å². The Morgan fingerprint density at radius 2 is 1.70 bits per heavy atom. The average Bonchev–Trinajstić information content (AvgIpc) is 2.59. The fourth-order valence-corrected chi connectivity index (χ4v) is 4.43. The molecule has 0 heterocycles. The number of rotatable bonds is 7. The van der Waals surface area contributed by atoms with Crippen molar-refractivity contribution in [2.45, 2.75) is 43.0 Å². The molecule has 2 aromatic rings. The molecule has 7 heteroatoms. The van der Waals surface area contributed by atoms with Gasteiger partial charge in [-0.05, 0) is 54.2 Å². The summed E-state index contributed by atoms with van der Waals surface area (Å²) in [6.45, 7) is 2.07. The highest BCUT2D eigenvalue weighted by Gasteiger charge is 2.31. The third-order valence-electron chi connectivity index (χ3n) is 4.78. The SMILES string of the molecule is CCNS(=O)(=O)c1ccc(CC(=O)NC2CC(c3ccc(Cl)cc3)C2)cc1. The van der Waals surface area contributed by atoms with E-state index in [-0.39, 0.29) is 23.3 Å². The fourth-order valence-electron chi connectivity index (χ4n) is 3.27. The van der Waals surface area contributed by atoms with Crippen LogP contribution in [-0.2, 0) is 21.2 Å². The van der Waals surface area contributed by atoms with E-state index in [1.807, 2.05) is 24.3 Å². The standard InChI is InChI=1S/C20H23ClN2O3S/c1-2-22-27(25,26)19-9-3-14(4-10-19)11-20(24)23-18-12-16(13-18)15-5-7-17(21)8-6-15/h3-10,16,18,22H,2,11-13H2,1H3,(H,23,24). The number of amides is 1. The number of hydrogen-bond acceptors (Lipinski definition) is 3. The molecule has 1 amide bonds. The largest absolute Gasteiger partial charge is 0.353 e. The second kappa shape index (κ2) is 8.42. The molecule has 0 saturated heterocycles. The van der Waals surface area contributed by atoms with Crippen molar-refractivity contribution in [3.8, 4) is 0 Å². The van der Waals surface area contributed by atoms with E-state index in [0.717, 1.165) is 23.4 Å². The molecule has 1 saturated carbocycles. The van der Waals surface area contributed by atoms with Gasteiger partial charge >= 0.3 is 0 Å². The smallest absolute Gasteiger partial charge is 0.240 e. The van der Waals surface area contributed by atoms with Gasteiger partial charge in [-0.2, -0.15) is 0 Å². The average molecular weight is 407 g/mol. The maximum Gasteiger partial charge on any atom is 0.240 e. The molecule has 0 radical (unpaired) electrons. The Kier molecular flexibility index (Phi) is 6.19. The Balaban J connectivity index is 1.48. The van der Waals surface area contributed by atoms with Crippen LogP contribution in [0.3, 0.4) is 0 Å². The Labute approximate surface area is 165 Å². The van der Waals surface area contributed by atoms with Crippen LogP contribution in [0.1, 0.15) is 36.8 Å². The topological polar surface area (TPSA) is 75.3 Å². The third-order valence-corrected chi connectivity index (χ3v) is 6.59. The van der Waals surface area contributed by atoms with E-state index in [0.29, 0.717) is 12.5 Å². The highest BCUT2D eigenvalue weighted by molar-refractivity contribution is 7.89. The molecule has 0 bridgehead atoms. The number of carbonyl (C=O) groups is 1. The second-order valence-corrected chi connectivity index (χ2v) is 9.01. The van der Waals surface area contributed by atoms with Crippen molar-refractivity contribution in [1.82, 2.24) is 10.0 Å². The summed E-state index contributed by atoms with van der Waals surface area (Å²) in [5.74, 6) is 0.417. The minimum absolute atomic E-state index is 0.0446. The summed E-state index contributed by atoms with van der Waals surface area (Å²) in [4.78, 5) is 12.4. The zero-order valence-corrected chi connectivity index (χ0v) is 16.7. The van der Waals surface area contributed by atoms with Gasteiger partial charge in [-0.3, -0.25) is 4.79 Å². The van der Waals surface area contributed by atoms with Crippen molar-refractivity contribution >= 4 is 27.5 Å². The molecule has 0 spiro atoms. The minimum atomic E-state index is -3.46. The predicted molar refractivity (Wildman–Crippen MR) is 106 cm³/mol. The van der Waals surface area contributed by atoms with Gasteiger partial charge in [0.05, 0.1) is 11.3 Å². The molecule has 1 aliphatic rings. The summed E-state index contributed by atoms with van der Waals surface area (Å²) in [5, 5.41) is 3.77. The molecule has 0 aliphatic heterocycles. The lowest BCUT2D eigenvalue weighted by molar-refractivity contribution is -0.121. The molecule has 2 aromatic carbocycles. The summed E-state index contributed by atoms with van der Waals surface area (Å²) < 4.78 is 26.3. The lowest BCUT2D eigenvalue weighted by atomic mass is 9.76. The molecule has 0 unspecified atom stereocenters. The Morgan fingerprint density at radius 3 is 2.30 bits per heavy atom. The van der Waals surface area contributed by atoms with Crippen LogP contribution in [0.5, 0.6) is 0 Å². The maximum atomic E-state index is 12.2. The molecule has 144 valence electrons. The van der Waals surface area contributed by atoms with Gasteiger partial charge in [0.15, 0.2) is 0 Å². The van der Waals surface area contributed by atoms with Gasteiger partial charge in [0, 0.05) is 17.6 Å². The fraction of sp³-hybridized carbons (Fsp3) is 0.350. The molecule has 1 aliphatic carbocycles. The molecule has 2 N–H and O–H groups in total. The molecule has 27 heavy (non-hydrogen) atoms. The molecular weight excluding hydrogens is 384 g/mol. The number of sulfonamides is 1. The second-order valence-electron chi connectivity index (χ2n) is 6.81.